The first-order valence-electron chi connectivity index (χ1n) is 5.05. The van der Waals surface area contributed by atoms with Crippen LogP contribution in [0.15, 0.2) is 12.4 Å². The average molecular weight is 210 g/mol. The Balaban J connectivity index is 2.24. The van der Waals surface area contributed by atoms with Gasteiger partial charge in [0.1, 0.15) is 0 Å². The summed E-state index contributed by atoms with van der Waals surface area (Å²) in [7, 11) is 3.67. The van der Waals surface area contributed by atoms with Crippen LogP contribution in [0, 0.1) is 0 Å². The minimum Gasteiger partial charge on any atom is -0.345 e. The Morgan fingerprint density at radius 2 is 2.40 bits per heavy atom. The van der Waals surface area contributed by atoms with Crippen molar-refractivity contribution in [1.82, 2.24) is 20.0 Å². The number of likely N-dealkylation sites (N-methyl/N-ethyl adjacent to an activating group) is 1. The number of amides is 1. The van der Waals surface area contributed by atoms with Crippen LogP contribution in [0.4, 0.5) is 0 Å². The molecule has 0 radical (unpaired) electrons. The maximum absolute atomic E-state index is 11.4. The first kappa shape index (κ1) is 11.7. The lowest BCUT2D eigenvalue weighted by molar-refractivity contribution is -0.128. The number of rotatable bonds is 5. The number of carbonyl (C=O) groups is 1. The molecular formula is C10H18N4O. The van der Waals surface area contributed by atoms with Crippen molar-refractivity contribution < 1.29 is 4.79 Å². The smallest absolute Gasteiger partial charge is 0.236 e. The van der Waals surface area contributed by atoms with Crippen LogP contribution in [0.3, 0.4) is 0 Å². The second-order valence-electron chi connectivity index (χ2n) is 3.53. The molecule has 0 unspecified atom stereocenters. The molecule has 0 spiro atoms. The lowest BCUT2D eigenvalue weighted by atomic mass is 10.3. The standard InChI is InChI=1S/C10H18N4O/c1-4-13(2)10(15)7-11-5-9-6-12-14(3)8-9/h6,8,11H,4-5,7H2,1-3H3. The molecule has 84 valence electrons. The topological polar surface area (TPSA) is 50.2 Å². The monoisotopic (exact) mass is 210 g/mol. The molecule has 0 atom stereocenters. The summed E-state index contributed by atoms with van der Waals surface area (Å²) in [5.41, 5.74) is 1.09. The summed E-state index contributed by atoms with van der Waals surface area (Å²) in [6.45, 7) is 3.75. The fourth-order valence-electron chi connectivity index (χ4n) is 1.19. The van der Waals surface area contributed by atoms with E-state index in [0.29, 0.717) is 13.1 Å². The predicted molar refractivity (Wildman–Crippen MR) is 58.2 cm³/mol. The zero-order valence-electron chi connectivity index (χ0n) is 9.53. The van der Waals surface area contributed by atoms with Crippen LogP contribution >= 0.6 is 0 Å². The Hall–Kier alpha value is -1.36. The molecule has 1 amide bonds. The van der Waals surface area contributed by atoms with E-state index in [1.165, 1.54) is 0 Å². The van der Waals surface area contributed by atoms with Gasteiger partial charge in [-0.05, 0) is 6.92 Å². The Morgan fingerprint density at radius 1 is 1.67 bits per heavy atom. The van der Waals surface area contributed by atoms with Gasteiger partial charge < -0.3 is 10.2 Å². The van der Waals surface area contributed by atoms with E-state index in [1.54, 1.807) is 22.8 Å². The molecular weight excluding hydrogens is 192 g/mol. The van der Waals surface area contributed by atoms with E-state index in [1.807, 2.05) is 20.2 Å². The van der Waals surface area contributed by atoms with E-state index in [9.17, 15) is 4.79 Å². The molecule has 1 aromatic rings. The van der Waals surface area contributed by atoms with Crippen molar-refractivity contribution in [3.05, 3.63) is 18.0 Å². The SMILES string of the molecule is CCN(C)C(=O)CNCc1cnn(C)c1. The number of hydrogen-bond acceptors (Lipinski definition) is 3. The number of aryl methyl sites for hydroxylation is 1. The van der Waals surface area contributed by atoms with Crippen molar-refractivity contribution in [3.8, 4) is 0 Å². The lowest BCUT2D eigenvalue weighted by Gasteiger charge is -2.14. The number of carbonyl (C=O) groups excluding carboxylic acids is 1. The molecule has 1 rings (SSSR count). The molecule has 0 aliphatic heterocycles. The third-order valence-corrected chi connectivity index (χ3v) is 2.26. The van der Waals surface area contributed by atoms with E-state index in [4.69, 9.17) is 0 Å². The van der Waals surface area contributed by atoms with Crippen LogP contribution in [-0.2, 0) is 18.4 Å². The Bertz CT molecular complexity index is 321. The molecule has 0 saturated carbocycles. The van der Waals surface area contributed by atoms with Crippen LogP contribution in [0.2, 0.25) is 0 Å². The second kappa shape index (κ2) is 5.50. The Morgan fingerprint density at radius 3 is 2.93 bits per heavy atom. The normalized spacial score (nSPS) is 10.3. The molecule has 0 aliphatic rings. The van der Waals surface area contributed by atoms with Gasteiger partial charge in [0.2, 0.25) is 5.91 Å². The van der Waals surface area contributed by atoms with Gasteiger partial charge in [0.05, 0.1) is 12.7 Å². The summed E-state index contributed by atoms with van der Waals surface area (Å²) >= 11 is 0. The van der Waals surface area contributed by atoms with Crippen LogP contribution < -0.4 is 5.32 Å². The minimum absolute atomic E-state index is 0.112. The Labute approximate surface area is 90.1 Å². The fourth-order valence-corrected chi connectivity index (χ4v) is 1.19. The molecule has 0 aliphatic carbocycles. The van der Waals surface area contributed by atoms with Crippen molar-refractivity contribution in [2.75, 3.05) is 20.1 Å². The first-order chi connectivity index (χ1) is 7.13. The maximum Gasteiger partial charge on any atom is 0.236 e. The summed E-state index contributed by atoms with van der Waals surface area (Å²) in [5, 5.41) is 7.13. The average Bonchev–Trinajstić information content (AvgIpc) is 2.63. The van der Waals surface area contributed by atoms with E-state index >= 15 is 0 Å². The largest absolute Gasteiger partial charge is 0.345 e. The van der Waals surface area contributed by atoms with Gasteiger partial charge in [-0.15, -0.1) is 0 Å². The zero-order chi connectivity index (χ0) is 11.3. The van der Waals surface area contributed by atoms with Crippen molar-refractivity contribution in [2.24, 2.45) is 7.05 Å². The van der Waals surface area contributed by atoms with Gasteiger partial charge >= 0.3 is 0 Å². The second-order valence-corrected chi connectivity index (χ2v) is 3.53. The number of hydrogen-bond donors (Lipinski definition) is 1. The van der Waals surface area contributed by atoms with Gasteiger partial charge in [-0.1, -0.05) is 0 Å². The van der Waals surface area contributed by atoms with Crippen molar-refractivity contribution in [2.45, 2.75) is 13.5 Å². The van der Waals surface area contributed by atoms with Crippen LogP contribution in [-0.4, -0.2) is 40.7 Å². The highest BCUT2D eigenvalue weighted by Crippen LogP contribution is 1.94. The number of nitrogens with one attached hydrogen (secondary N) is 1. The van der Waals surface area contributed by atoms with Crippen LogP contribution in [0.1, 0.15) is 12.5 Å². The predicted octanol–water partition coefficient (Wildman–Crippen LogP) is -0.0120. The van der Waals surface area contributed by atoms with Crippen LogP contribution in [0.5, 0.6) is 0 Å². The Kier molecular flexibility index (Phi) is 4.30. The third-order valence-electron chi connectivity index (χ3n) is 2.26. The molecule has 1 heterocycles. The van der Waals surface area contributed by atoms with E-state index in [0.717, 1.165) is 12.1 Å². The maximum atomic E-state index is 11.4. The van der Waals surface area contributed by atoms with Crippen molar-refractivity contribution in [3.63, 3.8) is 0 Å². The third kappa shape index (κ3) is 3.71. The number of nitrogens with zero attached hydrogens (tertiary/aromatic N) is 3. The van der Waals surface area contributed by atoms with Crippen molar-refractivity contribution in [1.29, 1.82) is 0 Å². The van der Waals surface area contributed by atoms with Crippen LogP contribution in [0.25, 0.3) is 0 Å². The molecule has 1 aromatic heterocycles. The van der Waals surface area contributed by atoms with Gasteiger partial charge in [-0.25, -0.2) is 0 Å². The van der Waals surface area contributed by atoms with Gasteiger partial charge in [-0.2, -0.15) is 5.10 Å². The summed E-state index contributed by atoms with van der Waals surface area (Å²) in [6, 6.07) is 0. The molecule has 5 nitrogen and oxygen atoms in total. The fraction of sp³-hybridized carbons (Fsp3) is 0.600. The highest BCUT2D eigenvalue weighted by Gasteiger charge is 2.05. The number of aromatic nitrogens is 2. The zero-order valence-corrected chi connectivity index (χ0v) is 9.53. The summed E-state index contributed by atoms with van der Waals surface area (Å²) < 4.78 is 1.75. The summed E-state index contributed by atoms with van der Waals surface area (Å²) in [4.78, 5) is 13.1. The minimum atomic E-state index is 0.112. The highest BCUT2D eigenvalue weighted by molar-refractivity contribution is 5.77. The molecule has 0 fully saturated rings. The van der Waals surface area contributed by atoms with Crippen molar-refractivity contribution >= 4 is 5.91 Å². The molecule has 15 heavy (non-hydrogen) atoms. The van der Waals surface area contributed by atoms with E-state index < -0.39 is 0 Å². The summed E-state index contributed by atoms with van der Waals surface area (Å²) in [5.74, 6) is 0.112. The first-order valence-corrected chi connectivity index (χ1v) is 5.05. The van der Waals surface area contributed by atoms with Gasteiger partial charge in [0.25, 0.3) is 0 Å². The van der Waals surface area contributed by atoms with Gasteiger partial charge in [0.15, 0.2) is 0 Å². The molecule has 1 N–H and O–H groups in total. The van der Waals surface area contributed by atoms with E-state index in [-0.39, 0.29) is 5.91 Å². The van der Waals surface area contributed by atoms with Gasteiger partial charge in [0, 0.05) is 38.9 Å². The quantitative estimate of drug-likeness (QED) is 0.743. The molecule has 0 bridgehead atoms. The van der Waals surface area contributed by atoms with Gasteiger partial charge in [-0.3, -0.25) is 9.48 Å². The molecule has 5 heteroatoms. The molecule has 0 aromatic carbocycles. The molecule has 0 saturated heterocycles. The lowest BCUT2D eigenvalue weighted by Crippen LogP contribution is -2.35. The summed E-state index contributed by atoms with van der Waals surface area (Å²) in [6.07, 6.45) is 3.72. The highest BCUT2D eigenvalue weighted by atomic mass is 16.2. The van der Waals surface area contributed by atoms with E-state index in [2.05, 4.69) is 10.4 Å².